The number of hydrogen-bond acceptors (Lipinski definition) is 5. The summed E-state index contributed by atoms with van der Waals surface area (Å²) in [5.41, 5.74) is 3.95. The van der Waals surface area contributed by atoms with Crippen molar-refractivity contribution >= 4 is 23.0 Å². The Morgan fingerprint density at radius 3 is 1.90 bits per heavy atom. The number of ether oxygens (including phenoxy) is 3. The fraction of sp³-hybridized carbons (Fsp3) is 0.174. The lowest BCUT2D eigenvalue weighted by Crippen LogP contribution is -2.13. The molecule has 0 atom stereocenters. The molecular formula is C23H24N2O4. The summed E-state index contributed by atoms with van der Waals surface area (Å²) in [6.45, 7) is 1.92. The fourth-order valence-electron chi connectivity index (χ4n) is 2.98. The SMILES string of the molecule is COc1cc(Nc2ccc(NC(=O)c3ccccc3C)cc2)cc(OC)c1OC. The molecule has 1 amide bonds. The van der Waals surface area contributed by atoms with Crippen LogP contribution in [0.25, 0.3) is 0 Å². The summed E-state index contributed by atoms with van der Waals surface area (Å²) < 4.78 is 16.1. The van der Waals surface area contributed by atoms with E-state index in [-0.39, 0.29) is 5.91 Å². The van der Waals surface area contributed by atoms with Gasteiger partial charge in [0.2, 0.25) is 5.75 Å². The summed E-state index contributed by atoms with van der Waals surface area (Å²) in [5.74, 6) is 1.54. The highest BCUT2D eigenvalue weighted by atomic mass is 16.5. The van der Waals surface area contributed by atoms with Crippen molar-refractivity contribution in [2.75, 3.05) is 32.0 Å². The highest BCUT2D eigenvalue weighted by molar-refractivity contribution is 6.05. The van der Waals surface area contributed by atoms with Crippen molar-refractivity contribution in [2.24, 2.45) is 0 Å². The van der Waals surface area contributed by atoms with Crippen LogP contribution in [-0.2, 0) is 0 Å². The van der Waals surface area contributed by atoms with E-state index in [0.717, 1.165) is 16.9 Å². The first kappa shape index (κ1) is 20.1. The van der Waals surface area contributed by atoms with Gasteiger partial charge in [-0.2, -0.15) is 0 Å². The van der Waals surface area contributed by atoms with E-state index in [1.807, 2.05) is 67.6 Å². The number of rotatable bonds is 7. The maximum atomic E-state index is 12.4. The lowest BCUT2D eigenvalue weighted by molar-refractivity contribution is 0.102. The summed E-state index contributed by atoms with van der Waals surface area (Å²) in [5, 5.41) is 6.22. The number of hydrogen-bond donors (Lipinski definition) is 2. The molecule has 0 unspecified atom stereocenters. The molecule has 2 N–H and O–H groups in total. The molecule has 0 saturated heterocycles. The maximum absolute atomic E-state index is 12.4. The number of aryl methyl sites for hydroxylation is 1. The van der Waals surface area contributed by atoms with Crippen molar-refractivity contribution in [2.45, 2.75) is 6.92 Å². The van der Waals surface area contributed by atoms with Crippen LogP contribution in [0, 0.1) is 6.92 Å². The van der Waals surface area contributed by atoms with Crippen LogP contribution in [-0.4, -0.2) is 27.2 Å². The molecule has 150 valence electrons. The van der Waals surface area contributed by atoms with Gasteiger partial charge in [0.15, 0.2) is 11.5 Å². The molecule has 0 heterocycles. The van der Waals surface area contributed by atoms with E-state index in [9.17, 15) is 4.79 Å². The summed E-state index contributed by atoms with van der Waals surface area (Å²) in [6.07, 6.45) is 0. The van der Waals surface area contributed by atoms with Crippen LogP contribution >= 0.6 is 0 Å². The van der Waals surface area contributed by atoms with E-state index in [0.29, 0.717) is 28.5 Å². The lowest BCUT2D eigenvalue weighted by Gasteiger charge is -2.15. The zero-order valence-electron chi connectivity index (χ0n) is 16.9. The van der Waals surface area contributed by atoms with Crippen LogP contribution in [0.5, 0.6) is 17.2 Å². The minimum atomic E-state index is -0.131. The van der Waals surface area contributed by atoms with Gasteiger partial charge in [0.25, 0.3) is 5.91 Å². The number of carbonyl (C=O) groups is 1. The topological polar surface area (TPSA) is 68.8 Å². The van der Waals surface area contributed by atoms with Crippen LogP contribution in [0.15, 0.2) is 60.7 Å². The molecule has 0 aliphatic rings. The van der Waals surface area contributed by atoms with E-state index < -0.39 is 0 Å². The van der Waals surface area contributed by atoms with Crippen LogP contribution in [0.2, 0.25) is 0 Å². The molecule has 6 heteroatoms. The van der Waals surface area contributed by atoms with Gasteiger partial charge in [-0.3, -0.25) is 4.79 Å². The van der Waals surface area contributed by atoms with Gasteiger partial charge in [0.1, 0.15) is 0 Å². The molecule has 3 rings (SSSR count). The van der Waals surface area contributed by atoms with Gasteiger partial charge in [-0.15, -0.1) is 0 Å². The Hall–Kier alpha value is -3.67. The van der Waals surface area contributed by atoms with Gasteiger partial charge in [-0.05, 0) is 42.8 Å². The van der Waals surface area contributed by atoms with Gasteiger partial charge in [-0.25, -0.2) is 0 Å². The molecule has 0 aliphatic heterocycles. The Labute approximate surface area is 170 Å². The molecule has 29 heavy (non-hydrogen) atoms. The molecule has 0 aromatic heterocycles. The molecule has 0 bridgehead atoms. The molecule has 3 aromatic rings. The van der Waals surface area contributed by atoms with Crippen molar-refractivity contribution < 1.29 is 19.0 Å². The van der Waals surface area contributed by atoms with Gasteiger partial charge in [0.05, 0.1) is 21.3 Å². The molecule has 0 spiro atoms. The quantitative estimate of drug-likeness (QED) is 0.591. The standard InChI is InChI=1S/C23H24N2O4/c1-15-7-5-6-8-19(15)23(26)25-17-11-9-16(10-12-17)24-18-13-20(27-2)22(29-4)21(14-18)28-3/h5-14,24H,1-4H3,(H,25,26). The minimum Gasteiger partial charge on any atom is -0.493 e. The summed E-state index contributed by atoms with van der Waals surface area (Å²) in [4.78, 5) is 12.4. The number of carbonyl (C=O) groups excluding carboxylic acids is 1. The van der Waals surface area contributed by atoms with Gasteiger partial charge < -0.3 is 24.8 Å². The number of anilines is 3. The number of amides is 1. The minimum absolute atomic E-state index is 0.131. The molecule has 0 aliphatic carbocycles. The molecule has 6 nitrogen and oxygen atoms in total. The third kappa shape index (κ3) is 4.60. The zero-order valence-corrected chi connectivity index (χ0v) is 16.9. The third-order valence-corrected chi connectivity index (χ3v) is 4.49. The van der Waals surface area contributed by atoms with Gasteiger partial charge in [0, 0.05) is 34.8 Å². The molecule has 0 fully saturated rings. The van der Waals surface area contributed by atoms with E-state index >= 15 is 0 Å². The van der Waals surface area contributed by atoms with Crippen molar-refractivity contribution in [1.82, 2.24) is 0 Å². The van der Waals surface area contributed by atoms with E-state index in [1.54, 1.807) is 21.3 Å². The Morgan fingerprint density at radius 1 is 0.759 bits per heavy atom. The first-order valence-corrected chi connectivity index (χ1v) is 9.09. The van der Waals surface area contributed by atoms with Crippen molar-refractivity contribution in [3.8, 4) is 17.2 Å². The van der Waals surface area contributed by atoms with Crippen molar-refractivity contribution in [3.05, 3.63) is 71.8 Å². The summed E-state index contributed by atoms with van der Waals surface area (Å²) in [7, 11) is 4.72. The van der Waals surface area contributed by atoms with Crippen LogP contribution < -0.4 is 24.8 Å². The van der Waals surface area contributed by atoms with Crippen LogP contribution in [0.3, 0.4) is 0 Å². The van der Waals surface area contributed by atoms with Gasteiger partial charge in [-0.1, -0.05) is 18.2 Å². The molecule has 0 saturated carbocycles. The maximum Gasteiger partial charge on any atom is 0.255 e. The first-order valence-electron chi connectivity index (χ1n) is 9.09. The highest BCUT2D eigenvalue weighted by Gasteiger charge is 2.13. The summed E-state index contributed by atoms with van der Waals surface area (Å²) >= 11 is 0. The Kier molecular flexibility index (Phi) is 6.24. The van der Waals surface area contributed by atoms with E-state index in [1.165, 1.54) is 0 Å². The normalized spacial score (nSPS) is 10.2. The largest absolute Gasteiger partial charge is 0.493 e. The van der Waals surface area contributed by atoms with Crippen molar-refractivity contribution in [3.63, 3.8) is 0 Å². The monoisotopic (exact) mass is 392 g/mol. The van der Waals surface area contributed by atoms with E-state index in [2.05, 4.69) is 10.6 Å². The smallest absolute Gasteiger partial charge is 0.255 e. The summed E-state index contributed by atoms with van der Waals surface area (Å²) in [6, 6.07) is 18.6. The van der Waals surface area contributed by atoms with Crippen LogP contribution in [0.1, 0.15) is 15.9 Å². The number of benzene rings is 3. The zero-order chi connectivity index (χ0) is 20.8. The first-order chi connectivity index (χ1) is 14.0. The predicted octanol–water partition coefficient (Wildman–Crippen LogP) is 5.02. The molecule has 3 aromatic carbocycles. The lowest BCUT2D eigenvalue weighted by atomic mass is 10.1. The fourth-order valence-corrected chi connectivity index (χ4v) is 2.98. The highest BCUT2D eigenvalue weighted by Crippen LogP contribution is 2.40. The molecular weight excluding hydrogens is 368 g/mol. The van der Waals surface area contributed by atoms with Gasteiger partial charge >= 0.3 is 0 Å². The third-order valence-electron chi connectivity index (χ3n) is 4.49. The Balaban J connectivity index is 1.74. The van der Waals surface area contributed by atoms with E-state index in [4.69, 9.17) is 14.2 Å². The van der Waals surface area contributed by atoms with Crippen molar-refractivity contribution in [1.29, 1.82) is 0 Å². The second kappa shape index (κ2) is 9.01. The second-order valence-electron chi connectivity index (χ2n) is 6.39. The second-order valence-corrected chi connectivity index (χ2v) is 6.39. The Morgan fingerprint density at radius 2 is 1.34 bits per heavy atom. The number of nitrogens with one attached hydrogen (secondary N) is 2. The average molecular weight is 392 g/mol. The Bertz CT molecular complexity index is 975. The molecule has 0 radical (unpaired) electrons. The van der Waals surface area contributed by atoms with Crippen LogP contribution in [0.4, 0.5) is 17.1 Å². The predicted molar refractivity (Wildman–Crippen MR) is 115 cm³/mol. The number of methoxy groups -OCH3 is 3. The average Bonchev–Trinajstić information content (AvgIpc) is 2.74.